The number of rotatable bonds is 4. The first kappa shape index (κ1) is 18.8. The van der Waals surface area contributed by atoms with E-state index in [2.05, 4.69) is 91.2 Å². The molecule has 0 spiro atoms. The number of aromatic nitrogens is 3. The molecular weight excluding hydrogens is 394 g/mol. The molecule has 0 saturated carbocycles. The van der Waals surface area contributed by atoms with Gasteiger partial charge in [0.1, 0.15) is 11.4 Å². The Morgan fingerprint density at radius 1 is 0.781 bits per heavy atom. The van der Waals surface area contributed by atoms with Crippen molar-refractivity contribution in [1.82, 2.24) is 14.5 Å². The Labute approximate surface area is 186 Å². The molecule has 156 valence electrons. The summed E-state index contributed by atoms with van der Waals surface area (Å²) in [6.07, 6.45) is 0.934. The number of hydrogen-bond acceptors (Lipinski definition) is 3. The van der Waals surface area contributed by atoms with E-state index in [-0.39, 0.29) is 0 Å². The van der Waals surface area contributed by atoms with Crippen molar-refractivity contribution in [1.29, 1.82) is 0 Å². The topological polar surface area (TPSA) is 43.9 Å². The molecule has 4 heteroatoms. The van der Waals surface area contributed by atoms with E-state index >= 15 is 0 Å². The van der Waals surface area contributed by atoms with Gasteiger partial charge in [0.15, 0.2) is 0 Å². The third-order valence-electron chi connectivity index (χ3n) is 5.86. The number of furan rings is 1. The molecule has 0 unspecified atom stereocenters. The lowest BCUT2D eigenvalue weighted by molar-refractivity contribution is 0.621. The average molecular weight is 418 g/mol. The first-order valence-electron chi connectivity index (χ1n) is 11.0. The van der Waals surface area contributed by atoms with Gasteiger partial charge in [0.05, 0.1) is 16.6 Å². The highest BCUT2D eigenvalue weighted by Gasteiger charge is 2.19. The highest BCUT2D eigenvalue weighted by atomic mass is 16.3. The minimum atomic E-state index is 0.547. The predicted molar refractivity (Wildman–Crippen MR) is 130 cm³/mol. The van der Waals surface area contributed by atoms with Crippen molar-refractivity contribution in [3.63, 3.8) is 0 Å². The van der Waals surface area contributed by atoms with Gasteiger partial charge >= 0.3 is 0 Å². The monoisotopic (exact) mass is 417 g/mol. The van der Waals surface area contributed by atoms with Gasteiger partial charge in [-0.3, -0.25) is 4.57 Å². The minimum Gasteiger partial charge on any atom is -0.437 e. The maximum Gasteiger partial charge on any atom is 0.227 e. The Morgan fingerprint density at radius 3 is 2.44 bits per heavy atom. The quantitative estimate of drug-likeness (QED) is 0.305. The van der Waals surface area contributed by atoms with E-state index in [9.17, 15) is 0 Å². The van der Waals surface area contributed by atoms with Crippen LogP contribution in [0.5, 0.6) is 0 Å². The first-order chi connectivity index (χ1) is 15.7. The third kappa shape index (κ3) is 2.99. The summed E-state index contributed by atoms with van der Waals surface area (Å²) in [5.74, 6) is 1.41. The van der Waals surface area contributed by atoms with E-state index < -0.39 is 0 Å². The van der Waals surface area contributed by atoms with Crippen molar-refractivity contribution in [2.45, 2.75) is 20.3 Å². The molecule has 6 rings (SSSR count). The van der Waals surface area contributed by atoms with Crippen molar-refractivity contribution in [3.8, 4) is 17.1 Å². The summed E-state index contributed by atoms with van der Waals surface area (Å²) in [6.45, 7) is 4.41. The van der Waals surface area contributed by atoms with E-state index in [0.29, 0.717) is 11.6 Å². The summed E-state index contributed by atoms with van der Waals surface area (Å²) >= 11 is 0. The number of para-hydroxylation sites is 4. The molecule has 3 aromatic heterocycles. The van der Waals surface area contributed by atoms with Crippen LogP contribution in [0, 0.1) is 5.92 Å². The summed E-state index contributed by atoms with van der Waals surface area (Å²) in [5.41, 5.74) is 6.63. The lowest BCUT2D eigenvalue weighted by Gasteiger charge is -2.09. The molecule has 32 heavy (non-hydrogen) atoms. The molecule has 0 amide bonds. The molecule has 6 aromatic rings. The second-order valence-corrected chi connectivity index (χ2v) is 8.63. The van der Waals surface area contributed by atoms with E-state index in [1.807, 2.05) is 12.1 Å². The molecule has 0 atom stereocenters. The fraction of sp³-hybridized carbons (Fsp3) is 0.143. The van der Waals surface area contributed by atoms with Crippen LogP contribution in [0.3, 0.4) is 0 Å². The smallest absolute Gasteiger partial charge is 0.227 e. The predicted octanol–water partition coefficient (Wildman–Crippen LogP) is 7.19. The number of benzene rings is 3. The molecule has 0 saturated heterocycles. The standard InChI is InChI=1S/C28H23N3O/c1-18(2)17-19-15-16-22-21-11-8-12-23(26(21)32-28(22)29-19)27-30-24-13-6-7-14-25(24)31(27)20-9-4-3-5-10-20/h3-16,18H,17H2,1-2H3. The van der Waals surface area contributed by atoms with Crippen LogP contribution < -0.4 is 0 Å². The van der Waals surface area contributed by atoms with Crippen molar-refractivity contribution in [2.24, 2.45) is 5.92 Å². The molecule has 0 N–H and O–H groups in total. The Balaban J connectivity index is 1.64. The molecule has 3 heterocycles. The van der Waals surface area contributed by atoms with Crippen LogP contribution in [0.4, 0.5) is 0 Å². The zero-order valence-corrected chi connectivity index (χ0v) is 18.1. The van der Waals surface area contributed by atoms with E-state index in [0.717, 1.165) is 56.6 Å². The van der Waals surface area contributed by atoms with Gasteiger partial charge in [0.25, 0.3) is 0 Å². The van der Waals surface area contributed by atoms with Gasteiger partial charge in [-0.2, -0.15) is 0 Å². The Hall–Kier alpha value is -3.92. The van der Waals surface area contributed by atoms with Crippen molar-refractivity contribution < 1.29 is 4.42 Å². The van der Waals surface area contributed by atoms with Crippen LogP contribution in [-0.4, -0.2) is 14.5 Å². The van der Waals surface area contributed by atoms with Gasteiger partial charge < -0.3 is 4.42 Å². The fourth-order valence-corrected chi connectivity index (χ4v) is 4.47. The van der Waals surface area contributed by atoms with E-state index in [4.69, 9.17) is 14.4 Å². The first-order valence-corrected chi connectivity index (χ1v) is 11.0. The summed E-state index contributed by atoms with van der Waals surface area (Å²) in [7, 11) is 0. The molecule has 0 radical (unpaired) electrons. The van der Waals surface area contributed by atoms with Gasteiger partial charge in [0.2, 0.25) is 5.71 Å². The maximum atomic E-state index is 6.38. The lowest BCUT2D eigenvalue weighted by Crippen LogP contribution is -1.97. The summed E-state index contributed by atoms with van der Waals surface area (Å²) in [6, 6.07) is 29.1. The summed E-state index contributed by atoms with van der Waals surface area (Å²) in [4.78, 5) is 9.84. The molecule has 0 bridgehead atoms. The van der Waals surface area contributed by atoms with Crippen molar-refractivity contribution in [2.75, 3.05) is 0 Å². The molecule has 0 aliphatic heterocycles. The normalized spacial score (nSPS) is 11.8. The van der Waals surface area contributed by atoms with Crippen LogP contribution in [0.2, 0.25) is 0 Å². The molecular formula is C28H23N3O. The molecule has 0 aliphatic carbocycles. The molecule has 4 nitrogen and oxygen atoms in total. The average Bonchev–Trinajstić information content (AvgIpc) is 3.37. The van der Waals surface area contributed by atoms with Crippen LogP contribution in [0.15, 0.2) is 89.3 Å². The number of nitrogens with zero attached hydrogens (tertiary/aromatic N) is 3. The Morgan fingerprint density at radius 2 is 1.59 bits per heavy atom. The second kappa shape index (κ2) is 7.34. The molecule has 3 aromatic carbocycles. The molecule has 0 aliphatic rings. The minimum absolute atomic E-state index is 0.547. The van der Waals surface area contributed by atoms with Gasteiger partial charge in [0, 0.05) is 22.2 Å². The second-order valence-electron chi connectivity index (χ2n) is 8.63. The third-order valence-corrected chi connectivity index (χ3v) is 5.86. The fourth-order valence-electron chi connectivity index (χ4n) is 4.47. The zero-order chi connectivity index (χ0) is 21.7. The van der Waals surface area contributed by atoms with Crippen LogP contribution in [0.25, 0.3) is 50.2 Å². The Kier molecular flexibility index (Phi) is 4.32. The van der Waals surface area contributed by atoms with E-state index in [1.54, 1.807) is 0 Å². The number of pyridine rings is 1. The lowest BCUT2D eigenvalue weighted by atomic mass is 10.1. The highest BCUT2D eigenvalue weighted by Crippen LogP contribution is 2.37. The van der Waals surface area contributed by atoms with Gasteiger partial charge in [-0.05, 0) is 54.8 Å². The van der Waals surface area contributed by atoms with Crippen molar-refractivity contribution in [3.05, 3.63) is 90.6 Å². The number of fused-ring (bicyclic) bond motifs is 4. The van der Waals surface area contributed by atoms with E-state index in [1.165, 1.54) is 0 Å². The largest absolute Gasteiger partial charge is 0.437 e. The maximum absolute atomic E-state index is 6.38. The van der Waals surface area contributed by atoms with Gasteiger partial charge in [-0.15, -0.1) is 0 Å². The van der Waals surface area contributed by atoms with Crippen LogP contribution in [0.1, 0.15) is 19.5 Å². The highest BCUT2D eigenvalue weighted by molar-refractivity contribution is 6.08. The van der Waals surface area contributed by atoms with Crippen LogP contribution in [-0.2, 0) is 6.42 Å². The van der Waals surface area contributed by atoms with Crippen LogP contribution >= 0.6 is 0 Å². The number of hydrogen-bond donors (Lipinski definition) is 0. The van der Waals surface area contributed by atoms with Gasteiger partial charge in [-0.1, -0.05) is 56.3 Å². The summed E-state index contributed by atoms with van der Waals surface area (Å²) in [5, 5.41) is 2.10. The zero-order valence-electron chi connectivity index (χ0n) is 18.1. The molecule has 0 fully saturated rings. The number of imidazole rings is 1. The van der Waals surface area contributed by atoms with Crippen molar-refractivity contribution >= 4 is 33.1 Å². The van der Waals surface area contributed by atoms with Gasteiger partial charge in [-0.25, -0.2) is 9.97 Å². The summed E-state index contributed by atoms with van der Waals surface area (Å²) < 4.78 is 8.59. The Bertz CT molecular complexity index is 1570. The SMILES string of the molecule is CC(C)Cc1ccc2c(n1)oc1c(-c3nc4ccccc4n3-c3ccccc3)cccc12.